The summed E-state index contributed by atoms with van der Waals surface area (Å²) in [7, 11) is 0. The Labute approximate surface area is 120 Å². The molecular formula is C16H13BrO2. The van der Waals surface area contributed by atoms with Crippen LogP contribution in [0.5, 0.6) is 5.75 Å². The number of hydrogen-bond acceptors (Lipinski definition) is 2. The highest BCUT2D eigenvalue weighted by Gasteiger charge is 2.08. The molecular weight excluding hydrogens is 304 g/mol. The van der Waals surface area contributed by atoms with Gasteiger partial charge in [-0.05, 0) is 27.6 Å². The van der Waals surface area contributed by atoms with Crippen molar-refractivity contribution in [2.24, 2.45) is 0 Å². The van der Waals surface area contributed by atoms with Crippen LogP contribution in [0, 0.1) is 0 Å². The minimum Gasteiger partial charge on any atom is -0.425 e. The van der Waals surface area contributed by atoms with Gasteiger partial charge in [0.05, 0.1) is 4.47 Å². The van der Waals surface area contributed by atoms with Crippen LogP contribution in [0.4, 0.5) is 0 Å². The largest absolute Gasteiger partial charge is 0.425 e. The van der Waals surface area contributed by atoms with E-state index in [-0.39, 0.29) is 5.97 Å². The molecule has 2 aromatic carbocycles. The summed E-state index contributed by atoms with van der Waals surface area (Å²) in [6.07, 6.45) is 3.91. The van der Waals surface area contributed by atoms with Crippen LogP contribution >= 0.6 is 15.9 Å². The Balaban J connectivity index is 2.32. The van der Waals surface area contributed by atoms with E-state index < -0.39 is 0 Å². The average molecular weight is 317 g/mol. The fraction of sp³-hybridized carbons (Fsp3) is 0.0625. The molecule has 2 rings (SSSR count). The third kappa shape index (κ3) is 3.80. The van der Waals surface area contributed by atoms with E-state index in [1.165, 1.54) is 6.92 Å². The Morgan fingerprint density at radius 1 is 1.05 bits per heavy atom. The van der Waals surface area contributed by atoms with Crippen LogP contribution in [0.1, 0.15) is 18.1 Å². The van der Waals surface area contributed by atoms with Crippen molar-refractivity contribution in [1.82, 2.24) is 0 Å². The zero-order valence-corrected chi connectivity index (χ0v) is 12.1. The number of carbonyl (C=O) groups excluding carboxylic acids is 1. The molecule has 0 aromatic heterocycles. The minimum atomic E-state index is -0.332. The number of hydrogen-bond donors (Lipinski definition) is 0. The molecule has 3 heteroatoms. The van der Waals surface area contributed by atoms with Crippen LogP contribution in [0.25, 0.3) is 12.2 Å². The fourth-order valence-electron chi connectivity index (χ4n) is 1.66. The maximum absolute atomic E-state index is 11.1. The van der Waals surface area contributed by atoms with Crippen molar-refractivity contribution in [3.63, 3.8) is 0 Å². The molecule has 0 spiro atoms. The van der Waals surface area contributed by atoms with E-state index in [0.29, 0.717) is 5.75 Å². The molecule has 19 heavy (non-hydrogen) atoms. The van der Waals surface area contributed by atoms with Gasteiger partial charge in [0.15, 0.2) is 5.75 Å². The van der Waals surface area contributed by atoms with E-state index in [1.807, 2.05) is 60.7 Å². The van der Waals surface area contributed by atoms with Gasteiger partial charge in [-0.1, -0.05) is 54.6 Å². The summed E-state index contributed by atoms with van der Waals surface area (Å²) >= 11 is 3.39. The molecule has 0 fully saturated rings. The Hall–Kier alpha value is -1.87. The molecule has 0 aliphatic heterocycles. The Morgan fingerprint density at radius 2 is 1.79 bits per heavy atom. The second-order valence-electron chi connectivity index (χ2n) is 4.00. The third-order valence-corrected chi connectivity index (χ3v) is 3.12. The van der Waals surface area contributed by atoms with Crippen LogP contribution in [0.15, 0.2) is 53.0 Å². The van der Waals surface area contributed by atoms with E-state index in [1.54, 1.807) is 0 Å². The summed E-state index contributed by atoms with van der Waals surface area (Å²) in [6.45, 7) is 1.39. The molecule has 0 saturated heterocycles. The number of para-hydroxylation sites is 1. The Bertz CT molecular complexity index is 603. The lowest BCUT2D eigenvalue weighted by Crippen LogP contribution is -2.03. The van der Waals surface area contributed by atoms with Gasteiger partial charge in [-0.15, -0.1) is 0 Å². The standard InChI is InChI=1S/C16H13BrO2/c1-12(18)19-16-14(8-5-9-15(16)17)11-10-13-6-3-2-4-7-13/h2-11H,1H3. The first-order valence-electron chi connectivity index (χ1n) is 5.87. The summed E-state index contributed by atoms with van der Waals surface area (Å²) in [5.74, 6) is 0.212. The summed E-state index contributed by atoms with van der Waals surface area (Å²) < 4.78 is 5.99. The fourth-order valence-corrected chi connectivity index (χ4v) is 2.12. The second kappa shape index (κ2) is 6.34. The number of benzene rings is 2. The zero-order chi connectivity index (χ0) is 13.7. The van der Waals surface area contributed by atoms with Crippen LogP contribution in [0.2, 0.25) is 0 Å². The van der Waals surface area contributed by atoms with Gasteiger partial charge in [0.2, 0.25) is 0 Å². The van der Waals surface area contributed by atoms with Gasteiger partial charge in [0.25, 0.3) is 0 Å². The summed E-state index contributed by atoms with van der Waals surface area (Å²) in [5.41, 5.74) is 1.95. The number of rotatable bonds is 3. The highest BCUT2D eigenvalue weighted by Crippen LogP contribution is 2.30. The SMILES string of the molecule is CC(=O)Oc1c(Br)cccc1C=Cc1ccccc1. The van der Waals surface area contributed by atoms with Crippen molar-refractivity contribution >= 4 is 34.1 Å². The predicted molar refractivity (Wildman–Crippen MR) is 80.8 cm³/mol. The van der Waals surface area contributed by atoms with Gasteiger partial charge in [0, 0.05) is 12.5 Å². The van der Waals surface area contributed by atoms with Crippen molar-refractivity contribution < 1.29 is 9.53 Å². The maximum atomic E-state index is 11.1. The van der Waals surface area contributed by atoms with Crippen molar-refractivity contribution in [3.8, 4) is 5.75 Å². The molecule has 0 unspecified atom stereocenters. The quantitative estimate of drug-likeness (QED) is 0.472. The molecule has 0 heterocycles. The van der Waals surface area contributed by atoms with Gasteiger partial charge >= 0.3 is 5.97 Å². The number of esters is 1. The summed E-state index contributed by atoms with van der Waals surface area (Å²) in [5, 5.41) is 0. The van der Waals surface area contributed by atoms with E-state index in [2.05, 4.69) is 15.9 Å². The van der Waals surface area contributed by atoms with E-state index in [9.17, 15) is 4.79 Å². The number of ether oxygens (including phenoxy) is 1. The van der Waals surface area contributed by atoms with Crippen molar-refractivity contribution in [2.45, 2.75) is 6.92 Å². The minimum absolute atomic E-state index is 0.332. The molecule has 0 N–H and O–H groups in total. The van der Waals surface area contributed by atoms with Crippen LogP contribution in [-0.4, -0.2) is 5.97 Å². The lowest BCUT2D eigenvalue weighted by Gasteiger charge is -2.07. The van der Waals surface area contributed by atoms with Crippen LogP contribution in [0.3, 0.4) is 0 Å². The smallest absolute Gasteiger partial charge is 0.308 e. The van der Waals surface area contributed by atoms with Crippen molar-refractivity contribution in [1.29, 1.82) is 0 Å². The molecule has 0 saturated carbocycles. The topological polar surface area (TPSA) is 26.3 Å². The molecule has 0 atom stereocenters. The highest BCUT2D eigenvalue weighted by atomic mass is 79.9. The molecule has 0 radical (unpaired) electrons. The van der Waals surface area contributed by atoms with Gasteiger partial charge in [-0.2, -0.15) is 0 Å². The van der Waals surface area contributed by atoms with Crippen molar-refractivity contribution in [3.05, 3.63) is 64.1 Å². The average Bonchev–Trinajstić information content (AvgIpc) is 2.40. The van der Waals surface area contributed by atoms with Gasteiger partial charge in [-0.25, -0.2) is 0 Å². The first-order valence-corrected chi connectivity index (χ1v) is 6.66. The van der Waals surface area contributed by atoms with Crippen LogP contribution in [-0.2, 0) is 4.79 Å². The first-order chi connectivity index (χ1) is 9.16. The van der Waals surface area contributed by atoms with Gasteiger partial charge in [-0.3, -0.25) is 4.79 Å². The molecule has 2 nitrogen and oxygen atoms in total. The normalized spacial score (nSPS) is 10.6. The summed E-state index contributed by atoms with van der Waals surface area (Å²) in [6, 6.07) is 15.6. The lowest BCUT2D eigenvalue weighted by molar-refractivity contribution is -0.131. The first kappa shape index (κ1) is 13.6. The second-order valence-corrected chi connectivity index (χ2v) is 4.85. The monoisotopic (exact) mass is 316 g/mol. The van der Waals surface area contributed by atoms with Crippen LogP contribution < -0.4 is 4.74 Å². The van der Waals surface area contributed by atoms with E-state index in [0.717, 1.165) is 15.6 Å². The molecule has 2 aromatic rings. The lowest BCUT2D eigenvalue weighted by atomic mass is 10.1. The van der Waals surface area contributed by atoms with E-state index in [4.69, 9.17) is 4.74 Å². The molecule has 0 aliphatic rings. The van der Waals surface area contributed by atoms with Crippen molar-refractivity contribution in [2.75, 3.05) is 0 Å². The number of carbonyl (C=O) groups is 1. The van der Waals surface area contributed by atoms with Gasteiger partial charge < -0.3 is 4.74 Å². The zero-order valence-electron chi connectivity index (χ0n) is 10.5. The predicted octanol–water partition coefficient (Wildman–Crippen LogP) is 4.54. The summed E-state index contributed by atoms with van der Waals surface area (Å²) in [4.78, 5) is 11.1. The molecule has 0 aliphatic carbocycles. The molecule has 0 bridgehead atoms. The third-order valence-electron chi connectivity index (χ3n) is 2.50. The Kier molecular flexibility index (Phi) is 4.53. The van der Waals surface area contributed by atoms with Gasteiger partial charge in [0.1, 0.15) is 0 Å². The maximum Gasteiger partial charge on any atom is 0.308 e. The Morgan fingerprint density at radius 3 is 2.47 bits per heavy atom. The number of halogens is 1. The highest BCUT2D eigenvalue weighted by molar-refractivity contribution is 9.10. The molecule has 96 valence electrons. The van der Waals surface area contributed by atoms with E-state index >= 15 is 0 Å². The molecule has 0 amide bonds.